The van der Waals surface area contributed by atoms with Crippen LogP contribution in [0.1, 0.15) is 28.8 Å². The maximum Gasteiger partial charge on any atom is 0.407 e. The molecule has 0 bridgehead atoms. The first-order valence-electron chi connectivity index (χ1n) is 10.1. The van der Waals surface area contributed by atoms with Gasteiger partial charge in [-0.2, -0.15) is 0 Å². The molecule has 2 aromatic carbocycles. The quantitative estimate of drug-likeness (QED) is 0.434. The summed E-state index contributed by atoms with van der Waals surface area (Å²) >= 11 is 4.93. The van der Waals surface area contributed by atoms with Gasteiger partial charge in [-0.3, -0.25) is 0 Å². The molecular weight excluding hydrogens is 478 g/mol. The van der Waals surface area contributed by atoms with Gasteiger partial charge in [0.05, 0.1) is 10.4 Å². The van der Waals surface area contributed by atoms with Crippen molar-refractivity contribution in [2.45, 2.75) is 25.3 Å². The van der Waals surface area contributed by atoms with Crippen LogP contribution in [-0.2, 0) is 20.7 Å². The van der Waals surface area contributed by atoms with E-state index in [1.54, 1.807) is 6.92 Å². The number of thiophene rings is 1. The molecule has 0 aliphatic heterocycles. The summed E-state index contributed by atoms with van der Waals surface area (Å²) in [4.78, 5) is 25.9. The van der Waals surface area contributed by atoms with Crippen molar-refractivity contribution in [3.63, 3.8) is 0 Å². The van der Waals surface area contributed by atoms with E-state index in [2.05, 4.69) is 45.5 Å². The number of esters is 1. The average Bonchev–Trinajstić information content (AvgIpc) is 3.33. The molecule has 0 spiro atoms. The Morgan fingerprint density at radius 3 is 2.23 bits per heavy atom. The molecule has 31 heavy (non-hydrogen) atoms. The van der Waals surface area contributed by atoms with E-state index in [0.29, 0.717) is 6.42 Å². The fourth-order valence-electron chi connectivity index (χ4n) is 3.88. The van der Waals surface area contributed by atoms with Crippen molar-refractivity contribution in [3.8, 4) is 11.1 Å². The Kier molecular flexibility index (Phi) is 6.73. The third kappa shape index (κ3) is 4.83. The third-order valence-corrected chi connectivity index (χ3v) is 6.89. The van der Waals surface area contributed by atoms with Gasteiger partial charge in [0.15, 0.2) is 0 Å². The zero-order valence-electron chi connectivity index (χ0n) is 17.0. The van der Waals surface area contributed by atoms with Crippen molar-refractivity contribution in [3.05, 3.63) is 80.5 Å². The van der Waals surface area contributed by atoms with Crippen molar-refractivity contribution in [1.29, 1.82) is 0 Å². The molecule has 0 saturated carbocycles. The number of carbonyl (C=O) groups excluding carboxylic acids is 2. The molecule has 3 aromatic rings. The van der Waals surface area contributed by atoms with Crippen LogP contribution in [-0.4, -0.2) is 31.3 Å². The van der Waals surface area contributed by atoms with Crippen LogP contribution in [0.3, 0.4) is 0 Å². The SMILES string of the molecule is CCOC(=O)C(Cc1ccc(Br)s1)NC(=O)OCC1c2ccccc2-c2ccccc21. The van der Waals surface area contributed by atoms with Gasteiger partial charge >= 0.3 is 12.1 Å². The Hall–Kier alpha value is -2.64. The maximum atomic E-state index is 12.6. The molecule has 1 heterocycles. The summed E-state index contributed by atoms with van der Waals surface area (Å²) in [6.07, 6.45) is -0.283. The van der Waals surface area contributed by atoms with Crippen molar-refractivity contribution in [2.75, 3.05) is 13.2 Å². The lowest BCUT2D eigenvalue weighted by molar-refractivity contribution is -0.145. The summed E-state index contributed by atoms with van der Waals surface area (Å²) < 4.78 is 11.7. The predicted molar refractivity (Wildman–Crippen MR) is 124 cm³/mol. The second-order valence-electron chi connectivity index (χ2n) is 7.18. The lowest BCUT2D eigenvalue weighted by atomic mass is 9.98. The molecule has 160 valence electrons. The van der Waals surface area contributed by atoms with E-state index in [9.17, 15) is 9.59 Å². The molecule has 0 fully saturated rings. The highest BCUT2D eigenvalue weighted by molar-refractivity contribution is 9.11. The monoisotopic (exact) mass is 499 g/mol. The van der Waals surface area contributed by atoms with Gasteiger partial charge in [-0.05, 0) is 57.2 Å². The van der Waals surface area contributed by atoms with Gasteiger partial charge in [-0.1, -0.05) is 48.5 Å². The molecule has 4 rings (SSSR count). The van der Waals surface area contributed by atoms with E-state index in [1.165, 1.54) is 22.5 Å². The van der Waals surface area contributed by atoms with E-state index in [4.69, 9.17) is 9.47 Å². The topological polar surface area (TPSA) is 64.6 Å². The Morgan fingerprint density at radius 1 is 1.00 bits per heavy atom. The first-order chi connectivity index (χ1) is 15.1. The number of hydrogen-bond acceptors (Lipinski definition) is 5. The molecule has 1 aliphatic carbocycles. The van der Waals surface area contributed by atoms with Crippen LogP contribution in [0.4, 0.5) is 4.79 Å². The zero-order valence-corrected chi connectivity index (χ0v) is 19.4. The smallest absolute Gasteiger partial charge is 0.407 e. The average molecular weight is 500 g/mol. The van der Waals surface area contributed by atoms with Gasteiger partial charge < -0.3 is 14.8 Å². The first kappa shape index (κ1) is 21.6. The zero-order chi connectivity index (χ0) is 21.8. The summed E-state index contributed by atoms with van der Waals surface area (Å²) in [6, 6.07) is 19.3. The number of rotatable bonds is 7. The lowest BCUT2D eigenvalue weighted by Gasteiger charge is -2.18. The van der Waals surface area contributed by atoms with Crippen LogP contribution in [0.15, 0.2) is 64.5 Å². The number of ether oxygens (including phenoxy) is 2. The molecule has 0 saturated heterocycles. The Balaban J connectivity index is 1.44. The molecule has 1 unspecified atom stereocenters. The van der Waals surface area contributed by atoms with Crippen molar-refractivity contribution in [2.24, 2.45) is 0 Å². The summed E-state index contributed by atoms with van der Waals surface area (Å²) in [5.74, 6) is -0.507. The van der Waals surface area contributed by atoms with E-state index < -0.39 is 18.1 Å². The summed E-state index contributed by atoms with van der Waals surface area (Å²) in [5, 5.41) is 2.69. The molecule has 1 aromatic heterocycles. The highest BCUT2D eigenvalue weighted by atomic mass is 79.9. The standard InChI is InChI=1S/C24H22BrNO4S/c1-2-29-23(27)21(13-15-11-12-22(25)31-15)26-24(28)30-14-20-18-9-5-3-7-16(18)17-8-4-6-10-19(17)20/h3-12,20-21H,2,13-14H2,1H3,(H,26,28). The van der Waals surface area contributed by atoms with Crippen molar-refractivity contribution >= 4 is 39.3 Å². The Bertz CT molecular complexity index is 1050. The third-order valence-electron chi connectivity index (χ3n) is 5.24. The van der Waals surface area contributed by atoms with Crippen molar-refractivity contribution < 1.29 is 19.1 Å². The number of halogens is 1. The minimum Gasteiger partial charge on any atom is -0.464 e. The molecular formula is C24H22BrNO4S. The Labute approximate surface area is 193 Å². The van der Waals surface area contributed by atoms with Gasteiger partial charge in [0.2, 0.25) is 0 Å². The molecule has 1 aliphatic rings. The predicted octanol–water partition coefficient (Wildman–Crippen LogP) is 5.52. The van der Waals surface area contributed by atoms with Crippen molar-refractivity contribution in [1.82, 2.24) is 5.32 Å². The number of amides is 1. The Morgan fingerprint density at radius 2 is 1.65 bits per heavy atom. The first-order valence-corrected chi connectivity index (χ1v) is 11.7. The number of carbonyl (C=O) groups is 2. The number of fused-ring (bicyclic) bond motifs is 3. The largest absolute Gasteiger partial charge is 0.464 e. The number of hydrogen-bond donors (Lipinski definition) is 1. The van der Waals surface area contributed by atoms with Gasteiger partial charge in [-0.25, -0.2) is 9.59 Å². The summed E-state index contributed by atoms with van der Waals surface area (Å²) in [5.41, 5.74) is 4.61. The minimum atomic E-state index is -0.804. The summed E-state index contributed by atoms with van der Waals surface area (Å²) in [7, 11) is 0. The number of alkyl carbamates (subject to hydrolysis) is 1. The maximum absolute atomic E-state index is 12.6. The molecule has 1 N–H and O–H groups in total. The second-order valence-corrected chi connectivity index (χ2v) is 9.73. The van der Waals surface area contributed by atoms with Crippen LogP contribution in [0.25, 0.3) is 11.1 Å². The van der Waals surface area contributed by atoms with Gasteiger partial charge in [0, 0.05) is 17.2 Å². The van der Waals surface area contributed by atoms with E-state index in [1.807, 2.05) is 36.4 Å². The molecule has 1 amide bonds. The van der Waals surface area contributed by atoms with Crippen LogP contribution < -0.4 is 5.32 Å². The molecule has 0 radical (unpaired) electrons. The molecule has 7 heteroatoms. The second kappa shape index (κ2) is 9.66. The highest BCUT2D eigenvalue weighted by Gasteiger charge is 2.30. The summed E-state index contributed by atoms with van der Waals surface area (Å²) in [6.45, 7) is 2.18. The van der Waals surface area contributed by atoms with Crippen LogP contribution in [0, 0.1) is 0 Å². The van der Waals surface area contributed by atoms with Crippen LogP contribution >= 0.6 is 27.3 Å². The molecule has 1 atom stereocenters. The van der Waals surface area contributed by atoms with Gasteiger partial charge in [0.25, 0.3) is 0 Å². The molecule has 5 nitrogen and oxygen atoms in total. The van der Waals surface area contributed by atoms with E-state index in [-0.39, 0.29) is 19.1 Å². The van der Waals surface area contributed by atoms with E-state index in [0.717, 1.165) is 19.8 Å². The fourth-order valence-corrected chi connectivity index (χ4v) is 5.41. The van der Waals surface area contributed by atoms with Gasteiger partial charge in [0.1, 0.15) is 12.6 Å². The highest BCUT2D eigenvalue weighted by Crippen LogP contribution is 2.44. The lowest BCUT2D eigenvalue weighted by Crippen LogP contribution is -2.43. The van der Waals surface area contributed by atoms with E-state index >= 15 is 0 Å². The number of nitrogens with one attached hydrogen (secondary N) is 1. The minimum absolute atomic E-state index is 0.0348. The number of benzene rings is 2. The van der Waals surface area contributed by atoms with Crippen LogP contribution in [0.5, 0.6) is 0 Å². The fraction of sp³-hybridized carbons (Fsp3) is 0.250. The normalized spacial score (nSPS) is 13.2. The van der Waals surface area contributed by atoms with Gasteiger partial charge in [-0.15, -0.1) is 11.3 Å². The van der Waals surface area contributed by atoms with Crippen LogP contribution in [0.2, 0.25) is 0 Å².